The van der Waals surface area contributed by atoms with Gasteiger partial charge in [-0.15, -0.1) is 11.3 Å². The molecule has 0 spiro atoms. The molecule has 5 rings (SSSR count). The van der Waals surface area contributed by atoms with E-state index in [-0.39, 0.29) is 5.91 Å². The molecule has 1 amide bonds. The van der Waals surface area contributed by atoms with Crippen LogP contribution < -0.4 is 5.32 Å². The molecular weight excluding hydrogens is 418 g/mol. The fourth-order valence-corrected chi connectivity index (χ4v) is 5.07. The molecule has 2 aromatic heterocycles. The maximum absolute atomic E-state index is 13.3. The Labute approximate surface area is 192 Å². The van der Waals surface area contributed by atoms with E-state index in [2.05, 4.69) is 62.6 Å². The molecular formula is C26H27N3O2S. The number of carbonyl (C=O) groups is 1. The zero-order chi connectivity index (χ0) is 21.8. The molecule has 2 aromatic carbocycles. The van der Waals surface area contributed by atoms with Gasteiger partial charge in [0.05, 0.1) is 23.4 Å². The third-order valence-corrected chi connectivity index (χ3v) is 6.77. The van der Waals surface area contributed by atoms with Crippen LogP contribution in [0.2, 0.25) is 0 Å². The van der Waals surface area contributed by atoms with Crippen LogP contribution in [0.3, 0.4) is 0 Å². The van der Waals surface area contributed by atoms with Gasteiger partial charge in [-0.05, 0) is 47.2 Å². The summed E-state index contributed by atoms with van der Waals surface area (Å²) in [4.78, 5) is 15.6. The molecule has 1 fully saturated rings. The van der Waals surface area contributed by atoms with Crippen molar-refractivity contribution < 1.29 is 9.53 Å². The molecule has 0 unspecified atom stereocenters. The minimum absolute atomic E-state index is 0.0648. The van der Waals surface area contributed by atoms with E-state index in [1.807, 2.05) is 24.3 Å². The highest BCUT2D eigenvalue weighted by atomic mass is 32.1. The first-order valence-electron chi connectivity index (χ1n) is 11.1. The average molecular weight is 446 g/mol. The molecule has 4 aromatic rings. The van der Waals surface area contributed by atoms with Crippen LogP contribution in [0.25, 0.3) is 10.2 Å². The number of thiophene rings is 1. The molecule has 0 saturated carbocycles. The number of morpholine rings is 1. The van der Waals surface area contributed by atoms with Gasteiger partial charge in [-0.2, -0.15) is 0 Å². The second kappa shape index (κ2) is 9.69. The quantitative estimate of drug-likeness (QED) is 0.434. The molecule has 164 valence electrons. The van der Waals surface area contributed by atoms with Crippen LogP contribution in [0.5, 0.6) is 0 Å². The number of anilines is 1. The first kappa shape index (κ1) is 20.9. The Hall–Kier alpha value is -2.93. The van der Waals surface area contributed by atoms with Crippen molar-refractivity contribution in [3.8, 4) is 0 Å². The average Bonchev–Trinajstić information content (AvgIpc) is 3.41. The van der Waals surface area contributed by atoms with E-state index in [4.69, 9.17) is 4.74 Å². The van der Waals surface area contributed by atoms with E-state index < -0.39 is 0 Å². The molecule has 1 saturated heterocycles. The van der Waals surface area contributed by atoms with E-state index >= 15 is 0 Å². The van der Waals surface area contributed by atoms with Gasteiger partial charge in [0.15, 0.2) is 0 Å². The normalized spacial score (nSPS) is 14.6. The zero-order valence-electron chi connectivity index (χ0n) is 18.0. The molecule has 0 atom stereocenters. The monoisotopic (exact) mass is 445 g/mol. The predicted octanol–water partition coefficient (Wildman–Crippen LogP) is 5.03. The summed E-state index contributed by atoms with van der Waals surface area (Å²) in [6, 6.07) is 22.7. The number of fused-ring (bicyclic) bond motifs is 1. The van der Waals surface area contributed by atoms with E-state index in [1.54, 1.807) is 11.3 Å². The number of benzene rings is 2. The Morgan fingerprint density at radius 1 is 0.969 bits per heavy atom. The summed E-state index contributed by atoms with van der Waals surface area (Å²) < 4.78 is 8.73. The lowest BCUT2D eigenvalue weighted by Crippen LogP contribution is -2.35. The van der Waals surface area contributed by atoms with Crippen molar-refractivity contribution in [1.29, 1.82) is 0 Å². The van der Waals surface area contributed by atoms with Crippen molar-refractivity contribution in [3.63, 3.8) is 0 Å². The van der Waals surface area contributed by atoms with Crippen LogP contribution in [0.15, 0.2) is 72.1 Å². The molecule has 32 heavy (non-hydrogen) atoms. The van der Waals surface area contributed by atoms with Crippen LogP contribution in [-0.2, 0) is 24.2 Å². The molecule has 0 bridgehead atoms. The maximum Gasteiger partial charge on any atom is 0.272 e. The largest absolute Gasteiger partial charge is 0.379 e. The van der Waals surface area contributed by atoms with Crippen molar-refractivity contribution in [1.82, 2.24) is 9.47 Å². The lowest BCUT2D eigenvalue weighted by Gasteiger charge is -2.26. The smallest absolute Gasteiger partial charge is 0.272 e. The molecule has 3 heterocycles. The third-order valence-electron chi connectivity index (χ3n) is 5.92. The molecule has 0 aliphatic carbocycles. The van der Waals surface area contributed by atoms with E-state index in [1.165, 1.54) is 11.1 Å². The molecule has 1 N–H and O–H groups in total. The van der Waals surface area contributed by atoms with Crippen molar-refractivity contribution >= 4 is 33.1 Å². The Bertz CT molecular complexity index is 1190. The van der Waals surface area contributed by atoms with Gasteiger partial charge >= 0.3 is 0 Å². The summed E-state index contributed by atoms with van der Waals surface area (Å²) in [5.41, 5.74) is 5.13. The Kier molecular flexibility index (Phi) is 6.34. The molecule has 1 aliphatic heterocycles. The fourth-order valence-electron chi connectivity index (χ4n) is 4.25. The van der Waals surface area contributed by atoms with Crippen molar-refractivity contribution in [2.45, 2.75) is 19.5 Å². The van der Waals surface area contributed by atoms with Crippen molar-refractivity contribution in [2.75, 3.05) is 31.6 Å². The number of carbonyl (C=O) groups excluding carboxylic acids is 1. The lowest BCUT2D eigenvalue weighted by molar-refractivity contribution is 0.0342. The molecule has 6 heteroatoms. The lowest BCUT2D eigenvalue weighted by atomic mass is 10.1. The second-order valence-electron chi connectivity index (χ2n) is 8.13. The summed E-state index contributed by atoms with van der Waals surface area (Å²) in [7, 11) is 0. The second-order valence-corrected chi connectivity index (χ2v) is 9.08. The number of aryl methyl sites for hydroxylation is 2. The van der Waals surface area contributed by atoms with Crippen LogP contribution in [-0.4, -0.2) is 41.7 Å². The van der Waals surface area contributed by atoms with Gasteiger partial charge in [-0.1, -0.05) is 42.5 Å². The summed E-state index contributed by atoms with van der Waals surface area (Å²) in [6.45, 7) is 5.10. The highest BCUT2D eigenvalue weighted by Gasteiger charge is 2.17. The molecule has 1 aliphatic rings. The van der Waals surface area contributed by atoms with Gasteiger partial charge < -0.3 is 14.6 Å². The first-order valence-corrected chi connectivity index (χ1v) is 12.0. The van der Waals surface area contributed by atoms with Crippen LogP contribution in [0, 0.1) is 0 Å². The maximum atomic E-state index is 13.3. The SMILES string of the molecule is O=C(Nc1cccc(CN2CCOCC2)c1)c1cc2sccc2n1CCc1ccccc1. The first-order chi connectivity index (χ1) is 15.8. The minimum Gasteiger partial charge on any atom is -0.379 e. The van der Waals surface area contributed by atoms with Crippen molar-refractivity contribution in [3.05, 3.63) is 88.9 Å². The predicted molar refractivity (Wildman–Crippen MR) is 130 cm³/mol. The number of rotatable bonds is 7. The number of hydrogen-bond acceptors (Lipinski definition) is 4. The van der Waals surface area contributed by atoms with Gasteiger partial charge in [0.25, 0.3) is 5.91 Å². The number of hydrogen-bond donors (Lipinski definition) is 1. The Morgan fingerprint density at radius 2 is 1.78 bits per heavy atom. The summed E-state index contributed by atoms with van der Waals surface area (Å²) >= 11 is 1.67. The van der Waals surface area contributed by atoms with Crippen LogP contribution in [0.4, 0.5) is 5.69 Å². The van der Waals surface area contributed by atoms with Gasteiger partial charge in [0.1, 0.15) is 5.69 Å². The van der Waals surface area contributed by atoms with E-state index in [0.717, 1.165) is 61.7 Å². The topological polar surface area (TPSA) is 46.5 Å². The number of ether oxygens (including phenoxy) is 1. The zero-order valence-corrected chi connectivity index (χ0v) is 18.8. The minimum atomic E-state index is -0.0648. The number of nitrogens with one attached hydrogen (secondary N) is 1. The Balaban J connectivity index is 1.32. The standard InChI is InChI=1S/C26H27N3O2S/c30-26(27-22-8-4-7-21(17-22)19-28-12-14-31-15-13-28)24-18-25-23(10-16-32-25)29(24)11-9-20-5-2-1-3-6-20/h1-8,10,16-18H,9,11-15,19H2,(H,27,30). The van der Waals surface area contributed by atoms with E-state index in [0.29, 0.717) is 5.69 Å². The van der Waals surface area contributed by atoms with Gasteiger partial charge in [0, 0.05) is 31.9 Å². The third kappa shape index (κ3) is 4.78. The number of nitrogens with zero attached hydrogens (tertiary/aromatic N) is 2. The van der Waals surface area contributed by atoms with Crippen LogP contribution >= 0.6 is 11.3 Å². The number of amides is 1. The highest BCUT2D eigenvalue weighted by molar-refractivity contribution is 7.17. The fraction of sp³-hybridized carbons (Fsp3) is 0.269. The molecule has 5 nitrogen and oxygen atoms in total. The highest BCUT2D eigenvalue weighted by Crippen LogP contribution is 2.26. The van der Waals surface area contributed by atoms with Crippen LogP contribution in [0.1, 0.15) is 21.6 Å². The van der Waals surface area contributed by atoms with Gasteiger partial charge in [-0.25, -0.2) is 0 Å². The summed E-state index contributed by atoms with van der Waals surface area (Å²) in [5.74, 6) is -0.0648. The van der Waals surface area contributed by atoms with E-state index in [9.17, 15) is 4.79 Å². The summed E-state index contributed by atoms with van der Waals surface area (Å²) in [5, 5.41) is 5.21. The number of aromatic nitrogens is 1. The summed E-state index contributed by atoms with van der Waals surface area (Å²) in [6.07, 6.45) is 0.885. The van der Waals surface area contributed by atoms with Crippen molar-refractivity contribution in [2.24, 2.45) is 0 Å². The van der Waals surface area contributed by atoms with Gasteiger partial charge in [-0.3, -0.25) is 9.69 Å². The van der Waals surface area contributed by atoms with Gasteiger partial charge in [0.2, 0.25) is 0 Å². The molecule has 0 radical (unpaired) electrons. The Morgan fingerprint density at radius 3 is 2.62 bits per heavy atom.